The lowest BCUT2D eigenvalue weighted by molar-refractivity contribution is 0.0154. The first-order valence-electron chi connectivity index (χ1n) is 10.6. The number of carbonyl (C=O) groups is 1. The fraction of sp³-hybridized carbons (Fsp3) is 0.375. The molecule has 3 aromatic rings. The Morgan fingerprint density at radius 2 is 2.16 bits per heavy atom. The van der Waals surface area contributed by atoms with E-state index in [4.69, 9.17) is 19.7 Å². The molecule has 2 saturated heterocycles. The molecule has 6 rings (SSSR count). The van der Waals surface area contributed by atoms with Crippen LogP contribution in [0.15, 0.2) is 36.7 Å². The Balaban J connectivity index is 1.52. The number of hydrogen-bond donors (Lipinski definition) is 1. The molecule has 0 radical (unpaired) electrons. The largest absolute Gasteiger partial charge is 0.490 e. The molecule has 164 valence electrons. The number of benzene rings is 1. The summed E-state index contributed by atoms with van der Waals surface area (Å²) in [6.45, 7) is 6.49. The molecule has 2 bridgehead atoms. The second kappa shape index (κ2) is 7.04. The molecule has 1 aliphatic carbocycles. The minimum atomic E-state index is -0.769. The normalized spacial score (nSPS) is 23.8. The predicted molar refractivity (Wildman–Crippen MR) is 115 cm³/mol. The van der Waals surface area contributed by atoms with Gasteiger partial charge in [-0.25, -0.2) is 9.37 Å². The van der Waals surface area contributed by atoms with Gasteiger partial charge in [-0.05, 0) is 45.7 Å². The van der Waals surface area contributed by atoms with Crippen molar-refractivity contribution < 1.29 is 18.7 Å². The molecule has 8 heteroatoms. The number of fused-ring (bicyclic) bond motifs is 2. The maximum absolute atomic E-state index is 14.5. The van der Waals surface area contributed by atoms with Gasteiger partial charge in [-0.2, -0.15) is 5.26 Å². The van der Waals surface area contributed by atoms with Gasteiger partial charge in [0.1, 0.15) is 17.5 Å². The zero-order chi connectivity index (χ0) is 22.7. The Kier molecular flexibility index (Phi) is 4.50. The summed E-state index contributed by atoms with van der Waals surface area (Å²) in [5.74, 6) is -0.947. The number of nitrogens with one attached hydrogen (secondary N) is 1. The third-order valence-electron chi connectivity index (χ3n) is 6.19. The molecule has 1 amide bonds. The third kappa shape index (κ3) is 3.21. The maximum atomic E-state index is 14.5. The first-order chi connectivity index (χ1) is 15.2. The summed E-state index contributed by atoms with van der Waals surface area (Å²) in [5.41, 5.74) is 1.51. The van der Waals surface area contributed by atoms with Crippen molar-refractivity contribution in [3.63, 3.8) is 0 Å². The summed E-state index contributed by atoms with van der Waals surface area (Å²) in [6.07, 6.45) is 5.26. The molecule has 0 atom stereocenters. The molecule has 1 aromatic carbocycles. The topological polar surface area (TPSA) is 88.7 Å². The van der Waals surface area contributed by atoms with Gasteiger partial charge in [0.2, 0.25) is 0 Å². The van der Waals surface area contributed by atoms with Crippen LogP contribution < -0.4 is 10.1 Å². The summed E-state index contributed by atoms with van der Waals surface area (Å²) in [7, 11) is 0. The van der Waals surface area contributed by atoms with Crippen LogP contribution in [-0.2, 0) is 10.2 Å². The zero-order valence-electron chi connectivity index (χ0n) is 18.1. The van der Waals surface area contributed by atoms with E-state index < -0.39 is 11.7 Å². The van der Waals surface area contributed by atoms with Crippen LogP contribution in [0.25, 0.3) is 5.65 Å². The molecule has 3 aliphatic rings. The second-order valence-corrected chi connectivity index (χ2v) is 9.22. The average Bonchev–Trinajstić information content (AvgIpc) is 3.39. The van der Waals surface area contributed by atoms with Crippen molar-refractivity contribution in [1.82, 2.24) is 9.38 Å². The molecule has 3 fully saturated rings. The van der Waals surface area contributed by atoms with Gasteiger partial charge < -0.3 is 19.2 Å². The number of ether oxygens (including phenoxy) is 2. The number of nitrogens with zero attached hydrogens (tertiary/aromatic N) is 3. The number of carbonyl (C=O) groups excluding carboxylic acids is 1. The van der Waals surface area contributed by atoms with Crippen molar-refractivity contribution in [2.45, 2.75) is 50.7 Å². The van der Waals surface area contributed by atoms with Crippen molar-refractivity contribution in [2.24, 2.45) is 0 Å². The summed E-state index contributed by atoms with van der Waals surface area (Å²) in [6, 6.07) is 7.79. The Bertz CT molecular complexity index is 1280. The highest BCUT2D eigenvalue weighted by Gasteiger charge is 2.61. The van der Waals surface area contributed by atoms with E-state index in [1.54, 1.807) is 22.7 Å². The van der Waals surface area contributed by atoms with E-state index in [0.29, 0.717) is 18.0 Å². The SMILES string of the molecule is CC(C)Oc1cc2nc(C34COC(C)(C3)C4)cn2cc1C(=O)Nc1cccc(C#N)c1F. The standard InChI is InChI=1S/C24H23FN4O3/c1-14(2)32-18-7-20-28-19(24-11-23(3,12-24)31-13-24)10-29(20)9-16(18)22(30)27-17-6-4-5-15(8-26)21(17)25/h4-7,9-10,14H,11-13H2,1-3H3,(H,27,30). The number of halogens is 1. The Morgan fingerprint density at radius 3 is 2.81 bits per heavy atom. The van der Waals surface area contributed by atoms with Gasteiger partial charge in [-0.1, -0.05) is 6.07 Å². The molecule has 0 spiro atoms. The summed E-state index contributed by atoms with van der Waals surface area (Å²) >= 11 is 0. The van der Waals surface area contributed by atoms with E-state index in [1.807, 2.05) is 20.0 Å². The minimum absolute atomic E-state index is 0.0607. The molecular weight excluding hydrogens is 411 g/mol. The van der Waals surface area contributed by atoms with E-state index in [0.717, 1.165) is 18.5 Å². The highest BCUT2D eigenvalue weighted by atomic mass is 19.1. The maximum Gasteiger partial charge on any atom is 0.261 e. The van der Waals surface area contributed by atoms with Gasteiger partial charge in [0, 0.05) is 23.9 Å². The van der Waals surface area contributed by atoms with Crippen LogP contribution in [0.3, 0.4) is 0 Å². The fourth-order valence-electron chi connectivity index (χ4n) is 4.85. The van der Waals surface area contributed by atoms with E-state index >= 15 is 0 Å². The molecular formula is C24H23FN4O3. The van der Waals surface area contributed by atoms with Crippen LogP contribution in [-0.4, -0.2) is 33.6 Å². The van der Waals surface area contributed by atoms with Crippen molar-refractivity contribution in [1.29, 1.82) is 5.26 Å². The second-order valence-electron chi connectivity index (χ2n) is 9.22. The van der Waals surface area contributed by atoms with E-state index in [-0.39, 0.29) is 33.9 Å². The smallest absolute Gasteiger partial charge is 0.261 e. The molecule has 7 nitrogen and oxygen atoms in total. The lowest BCUT2D eigenvalue weighted by Crippen LogP contribution is -2.45. The van der Waals surface area contributed by atoms with Gasteiger partial charge in [0.05, 0.1) is 40.8 Å². The Labute approximate surface area is 184 Å². The quantitative estimate of drug-likeness (QED) is 0.650. The van der Waals surface area contributed by atoms with Crippen molar-refractivity contribution >= 4 is 17.2 Å². The van der Waals surface area contributed by atoms with E-state index in [9.17, 15) is 9.18 Å². The van der Waals surface area contributed by atoms with Crippen LogP contribution in [0, 0.1) is 17.1 Å². The number of anilines is 1. The summed E-state index contributed by atoms with van der Waals surface area (Å²) in [4.78, 5) is 17.9. The first-order valence-corrected chi connectivity index (χ1v) is 10.6. The highest BCUT2D eigenvalue weighted by molar-refractivity contribution is 6.06. The first kappa shape index (κ1) is 20.5. The minimum Gasteiger partial charge on any atom is -0.490 e. The number of pyridine rings is 1. The third-order valence-corrected chi connectivity index (χ3v) is 6.19. The number of aromatic nitrogens is 2. The van der Waals surface area contributed by atoms with Crippen LogP contribution >= 0.6 is 0 Å². The molecule has 32 heavy (non-hydrogen) atoms. The van der Waals surface area contributed by atoms with Gasteiger partial charge in [-0.3, -0.25) is 4.79 Å². The van der Waals surface area contributed by atoms with Gasteiger partial charge in [0.15, 0.2) is 5.82 Å². The monoisotopic (exact) mass is 434 g/mol. The van der Waals surface area contributed by atoms with Crippen LogP contribution in [0.4, 0.5) is 10.1 Å². The molecule has 0 unspecified atom stereocenters. The Hall–Kier alpha value is -3.44. The zero-order valence-corrected chi connectivity index (χ0v) is 18.1. The number of amides is 1. The molecule has 2 aliphatic heterocycles. The van der Waals surface area contributed by atoms with E-state index in [1.165, 1.54) is 18.2 Å². The van der Waals surface area contributed by atoms with Crippen LogP contribution in [0.2, 0.25) is 0 Å². The van der Waals surface area contributed by atoms with E-state index in [2.05, 4.69) is 12.2 Å². The highest BCUT2D eigenvalue weighted by Crippen LogP contribution is 2.58. The fourth-order valence-corrected chi connectivity index (χ4v) is 4.85. The summed E-state index contributed by atoms with van der Waals surface area (Å²) in [5, 5.41) is 11.6. The van der Waals surface area contributed by atoms with Gasteiger partial charge in [-0.15, -0.1) is 0 Å². The van der Waals surface area contributed by atoms with Gasteiger partial charge >= 0.3 is 0 Å². The number of nitriles is 1. The number of rotatable bonds is 5. The Morgan fingerprint density at radius 1 is 1.38 bits per heavy atom. The van der Waals surface area contributed by atoms with Crippen LogP contribution in [0.1, 0.15) is 55.2 Å². The van der Waals surface area contributed by atoms with Crippen LogP contribution in [0.5, 0.6) is 5.75 Å². The molecule has 4 heterocycles. The molecule has 2 aromatic heterocycles. The predicted octanol–water partition coefficient (Wildman–Crippen LogP) is 4.21. The summed E-state index contributed by atoms with van der Waals surface area (Å²) < 4.78 is 28.1. The lowest BCUT2D eigenvalue weighted by atomic mass is 9.62. The lowest BCUT2D eigenvalue weighted by Gasteiger charge is -2.41. The number of imidazole rings is 1. The molecule has 1 N–H and O–H groups in total. The van der Waals surface area contributed by atoms with Crippen molar-refractivity contribution in [2.75, 3.05) is 11.9 Å². The van der Waals surface area contributed by atoms with Gasteiger partial charge in [0.25, 0.3) is 5.91 Å². The average molecular weight is 434 g/mol. The number of hydrogen-bond acceptors (Lipinski definition) is 5. The van der Waals surface area contributed by atoms with Crippen molar-refractivity contribution in [3.05, 3.63) is 59.3 Å². The van der Waals surface area contributed by atoms with Crippen molar-refractivity contribution in [3.8, 4) is 11.8 Å². The molecule has 1 saturated carbocycles.